The van der Waals surface area contributed by atoms with Crippen LogP contribution >= 0.6 is 0 Å². The molecule has 0 saturated heterocycles. The minimum atomic E-state index is 0.0116. The Morgan fingerprint density at radius 3 is 2.65 bits per heavy atom. The molecule has 0 saturated carbocycles. The van der Waals surface area contributed by atoms with E-state index in [1.807, 2.05) is 25.3 Å². The summed E-state index contributed by atoms with van der Waals surface area (Å²) in [7, 11) is 0. The maximum Gasteiger partial charge on any atom is 0.129 e. The molecule has 1 unspecified atom stereocenters. The van der Waals surface area contributed by atoms with Gasteiger partial charge in [-0.15, -0.1) is 6.58 Å². The quantitative estimate of drug-likeness (QED) is 0.813. The Bertz CT molecular complexity index is 377. The summed E-state index contributed by atoms with van der Waals surface area (Å²) in [5, 5.41) is 0. The summed E-state index contributed by atoms with van der Waals surface area (Å²) < 4.78 is 0. The van der Waals surface area contributed by atoms with Crippen molar-refractivity contribution in [1.82, 2.24) is 4.98 Å². The van der Waals surface area contributed by atoms with Crippen molar-refractivity contribution in [3.05, 3.63) is 36.5 Å². The molecule has 0 spiro atoms. The van der Waals surface area contributed by atoms with Crippen LogP contribution in [0.15, 0.2) is 31.0 Å². The Labute approximate surface area is 104 Å². The third-order valence-corrected chi connectivity index (χ3v) is 2.69. The van der Waals surface area contributed by atoms with Crippen molar-refractivity contribution in [3.63, 3.8) is 0 Å². The zero-order valence-electron chi connectivity index (χ0n) is 11.3. The molecule has 1 aromatic rings. The monoisotopic (exact) mass is 233 g/mol. The molecule has 1 atom stereocenters. The molecular weight excluding hydrogens is 210 g/mol. The lowest BCUT2D eigenvalue weighted by Gasteiger charge is -2.36. The predicted octanol–water partition coefficient (Wildman–Crippen LogP) is 2.89. The number of aromatic nitrogens is 1. The van der Waals surface area contributed by atoms with E-state index in [2.05, 4.69) is 43.3 Å². The SMILES string of the molecule is C=CCN(c1cc(C(C)N)ccn1)C(C)(C)C. The second kappa shape index (κ2) is 5.32. The fourth-order valence-electron chi connectivity index (χ4n) is 1.71. The summed E-state index contributed by atoms with van der Waals surface area (Å²) in [4.78, 5) is 6.64. The van der Waals surface area contributed by atoms with Crippen molar-refractivity contribution in [2.75, 3.05) is 11.4 Å². The summed E-state index contributed by atoms with van der Waals surface area (Å²) in [5.41, 5.74) is 7.02. The van der Waals surface area contributed by atoms with Crippen molar-refractivity contribution in [3.8, 4) is 0 Å². The fourth-order valence-corrected chi connectivity index (χ4v) is 1.71. The Morgan fingerprint density at radius 2 is 2.18 bits per heavy atom. The first-order valence-corrected chi connectivity index (χ1v) is 5.96. The van der Waals surface area contributed by atoms with E-state index < -0.39 is 0 Å². The van der Waals surface area contributed by atoms with E-state index in [1.165, 1.54) is 0 Å². The zero-order valence-corrected chi connectivity index (χ0v) is 11.3. The highest BCUT2D eigenvalue weighted by molar-refractivity contribution is 5.44. The van der Waals surface area contributed by atoms with Crippen molar-refractivity contribution >= 4 is 5.82 Å². The van der Waals surface area contributed by atoms with Crippen LogP contribution in [-0.4, -0.2) is 17.1 Å². The number of anilines is 1. The second-order valence-electron chi connectivity index (χ2n) is 5.31. The van der Waals surface area contributed by atoms with E-state index in [0.29, 0.717) is 0 Å². The number of hydrogen-bond donors (Lipinski definition) is 1. The molecule has 0 fully saturated rings. The Hall–Kier alpha value is -1.35. The molecule has 0 radical (unpaired) electrons. The second-order valence-corrected chi connectivity index (χ2v) is 5.31. The van der Waals surface area contributed by atoms with Gasteiger partial charge in [0.1, 0.15) is 5.82 Å². The summed E-state index contributed by atoms with van der Waals surface area (Å²) >= 11 is 0. The van der Waals surface area contributed by atoms with E-state index in [-0.39, 0.29) is 11.6 Å². The average molecular weight is 233 g/mol. The van der Waals surface area contributed by atoms with E-state index in [1.54, 1.807) is 0 Å². The van der Waals surface area contributed by atoms with Crippen molar-refractivity contribution in [1.29, 1.82) is 0 Å². The van der Waals surface area contributed by atoms with E-state index in [4.69, 9.17) is 5.73 Å². The minimum absolute atomic E-state index is 0.0116. The molecule has 0 aliphatic carbocycles. The van der Waals surface area contributed by atoms with Crippen LogP contribution in [-0.2, 0) is 0 Å². The molecule has 0 aliphatic rings. The summed E-state index contributed by atoms with van der Waals surface area (Å²) in [6.45, 7) is 13.1. The minimum Gasteiger partial charge on any atom is -0.348 e. The van der Waals surface area contributed by atoms with E-state index in [0.717, 1.165) is 17.9 Å². The molecule has 1 rings (SSSR count). The summed E-state index contributed by atoms with van der Waals surface area (Å²) in [6, 6.07) is 4.05. The van der Waals surface area contributed by atoms with Crippen molar-refractivity contribution in [2.24, 2.45) is 5.73 Å². The summed E-state index contributed by atoms with van der Waals surface area (Å²) in [6.07, 6.45) is 3.71. The van der Waals surface area contributed by atoms with Gasteiger partial charge in [-0.3, -0.25) is 0 Å². The van der Waals surface area contributed by atoms with Gasteiger partial charge < -0.3 is 10.6 Å². The predicted molar refractivity (Wildman–Crippen MR) is 74.1 cm³/mol. The normalized spacial score (nSPS) is 13.2. The highest BCUT2D eigenvalue weighted by Crippen LogP contribution is 2.23. The Morgan fingerprint density at radius 1 is 1.53 bits per heavy atom. The smallest absolute Gasteiger partial charge is 0.129 e. The van der Waals surface area contributed by atoms with Crippen LogP contribution in [0.5, 0.6) is 0 Å². The number of hydrogen-bond acceptors (Lipinski definition) is 3. The van der Waals surface area contributed by atoms with E-state index >= 15 is 0 Å². The molecule has 17 heavy (non-hydrogen) atoms. The number of nitrogens with two attached hydrogens (primary N) is 1. The molecule has 1 aromatic heterocycles. The van der Waals surface area contributed by atoms with Crippen molar-refractivity contribution < 1.29 is 0 Å². The van der Waals surface area contributed by atoms with Crippen LogP contribution in [0.25, 0.3) is 0 Å². The first kappa shape index (κ1) is 13.7. The third-order valence-electron chi connectivity index (χ3n) is 2.69. The average Bonchev–Trinajstić information content (AvgIpc) is 2.24. The molecule has 94 valence electrons. The molecule has 2 N–H and O–H groups in total. The van der Waals surface area contributed by atoms with Crippen LogP contribution in [0.2, 0.25) is 0 Å². The lowest BCUT2D eigenvalue weighted by molar-refractivity contribution is 0.517. The van der Waals surface area contributed by atoms with Gasteiger partial charge in [-0.05, 0) is 45.4 Å². The van der Waals surface area contributed by atoms with Gasteiger partial charge in [0.25, 0.3) is 0 Å². The molecule has 0 bridgehead atoms. The molecule has 0 aromatic carbocycles. The lowest BCUT2D eigenvalue weighted by atomic mass is 10.0. The van der Waals surface area contributed by atoms with Gasteiger partial charge in [0.2, 0.25) is 0 Å². The van der Waals surface area contributed by atoms with E-state index in [9.17, 15) is 0 Å². The Kier molecular flexibility index (Phi) is 4.29. The first-order valence-electron chi connectivity index (χ1n) is 5.96. The topological polar surface area (TPSA) is 42.1 Å². The van der Waals surface area contributed by atoms with Gasteiger partial charge in [-0.25, -0.2) is 4.98 Å². The maximum absolute atomic E-state index is 5.90. The van der Waals surface area contributed by atoms with Crippen LogP contribution in [0, 0.1) is 0 Å². The van der Waals surface area contributed by atoms with Gasteiger partial charge in [0.05, 0.1) is 0 Å². The highest BCUT2D eigenvalue weighted by Gasteiger charge is 2.21. The number of pyridine rings is 1. The molecule has 0 aliphatic heterocycles. The highest BCUT2D eigenvalue weighted by atomic mass is 15.2. The van der Waals surface area contributed by atoms with Crippen LogP contribution < -0.4 is 10.6 Å². The fraction of sp³-hybridized carbons (Fsp3) is 0.500. The molecule has 3 nitrogen and oxygen atoms in total. The van der Waals surface area contributed by atoms with Gasteiger partial charge in [0.15, 0.2) is 0 Å². The van der Waals surface area contributed by atoms with Crippen LogP contribution in [0.3, 0.4) is 0 Å². The number of rotatable bonds is 4. The standard InChI is InChI=1S/C14H23N3/c1-6-9-17(14(3,4)5)13-10-12(11(2)15)7-8-16-13/h6-8,10-11H,1,9,15H2,2-5H3. The van der Waals surface area contributed by atoms with Gasteiger partial charge in [-0.1, -0.05) is 6.08 Å². The number of nitrogens with zero attached hydrogens (tertiary/aromatic N) is 2. The molecule has 3 heteroatoms. The van der Waals surface area contributed by atoms with Crippen molar-refractivity contribution in [2.45, 2.75) is 39.3 Å². The van der Waals surface area contributed by atoms with Gasteiger partial charge >= 0.3 is 0 Å². The largest absolute Gasteiger partial charge is 0.348 e. The first-order chi connectivity index (χ1) is 7.86. The lowest BCUT2D eigenvalue weighted by Crippen LogP contribution is -2.42. The van der Waals surface area contributed by atoms with Gasteiger partial charge in [-0.2, -0.15) is 0 Å². The van der Waals surface area contributed by atoms with Crippen LogP contribution in [0.1, 0.15) is 39.3 Å². The molecule has 0 amide bonds. The zero-order chi connectivity index (χ0) is 13.1. The maximum atomic E-state index is 5.90. The third kappa shape index (κ3) is 3.56. The van der Waals surface area contributed by atoms with Crippen LogP contribution in [0.4, 0.5) is 5.82 Å². The summed E-state index contributed by atoms with van der Waals surface area (Å²) in [5.74, 6) is 0.951. The Balaban J connectivity index is 3.10. The molecule has 1 heterocycles. The van der Waals surface area contributed by atoms with Gasteiger partial charge in [0, 0.05) is 24.3 Å². The molecular formula is C14H23N3.